The lowest BCUT2D eigenvalue weighted by Crippen LogP contribution is -2.17. The van der Waals surface area contributed by atoms with Crippen LogP contribution in [-0.2, 0) is 12.5 Å². The van der Waals surface area contributed by atoms with Crippen LogP contribution in [0.15, 0.2) is 36.5 Å². The summed E-state index contributed by atoms with van der Waals surface area (Å²) in [6, 6.07) is 8.67. The molecule has 24 heavy (non-hydrogen) atoms. The van der Waals surface area contributed by atoms with E-state index in [1.807, 2.05) is 25.2 Å². The monoisotopic (exact) mass is 325 g/mol. The Morgan fingerprint density at radius 2 is 2.00 bits per heavy atom. The average Bonchev–Trinajstić information content (AvgIpc) is 2.84. The lowest BCUT2D eigenvalue weighted by atomic mass is 9.96. The normalized spacial score (nSPS) is 11.7. The van der Waals surface area contributed by atoms with Crippen LogP contribution in [0, 0.1) is 10.1 Å². The first-order chi connectivity index (χ1) is 11.3. The molecule has 0 aliphatic rings. The Kier molecular flexibility index (Phi) is 3.71. The van der Waals surface area contributed by atoms with E-state index in [9.17, 15) is 10.1 Å². The number of rotatable bonds is 3. The summed E-state index contributed by atoms with van der Waals surface area (Å²) in [6.45, 7) is 6.35. The Labute approximate surface area is 139 Å². The first-order valence-corrected chi connectivity index (χ1v) is 7.61. The largest absolute Gasteiger partial charge is 0.334 e. The van der Waals surface area contributed by atoms with Gasteiger partial charge >= 0.3 is 5.69 Å². The maximum absolute atomic E-state index is 11.1. The predicted molar refractivity (Wildman–Crippen MR) is 93.6 cm³/mol. The maximum atomic E-state index is 11.1. The van der Waals surface area contributed by atoms with Crippen molar-refractivity contribution in [3.05, 3.63) is 52.5 Å². The zero-order valence-electron chi connectivity index (χ0n) is 14.1. The van der Waals surface area contributed by atoms with Crippen LogP contribution in [0.2, 0.25) is 0 Å². The summed E-state index contributed by atoms with van der Waals surface area (Å²) in [6.07, 6.45) is 1.52. The van der Waals surface area contributed by atoms with Gasteiger partial charge in [-0.3, -0.25) is 10.1 Å². The summed E-state index contributed by atoms with van der Waals surface area (Å²) in [5.41, 5.74) is 2.44. The van der Waals surface area contributed by atoms with Crippen molar-refractivity contribution in [3.63, 3.8) is 0 Å². The fourth-order valence-corrected chi connectivity index (χ4v) is 2.73. The number of nitro groups is 1. The number of hydrogen-bond acceptors (Lipinski definition) is 5. The van der Waals surface area contributed by atoms with Crippen LogP contribution in [0.5, 0.6) is 0 Å². The smallest absolute Gasteiger partial charge is 0.311 e. The van der Waals surface area contributed by atoms with Crippen molar-refractivity contribution in [2.45, 2.75) is 26.2 Å². The molecule has 2 heterocycles. The molecule has 3 rings (SSSR count). The van der Waals surface area contributed by atoms with Gasteiger partial charge in [0.25, 0.3) is 0 Å². The maximum Gasteiger partial charge on any atom is 0.311 e. The minimum Gasteiger partial charge on any atom is -0.334 e. The number of fused-ring (bicyclic) bond motifs is 1. The number of imidazole rings is 1. The second-order valence-electron chi connectivity index (χ2n) is 6.70. The second-order valence-corrected chi connectivity index (χ2v) is 6.70. The molecule has 3 aromatic rings. The molecule has 0 aliphatic carbocycles. The van der Waals surface area contributed by atoms with Crippen molar-refractivity contribution in [2.24, 2.45) is 7.05 Å². The molecule has 0 unspecified atom stereocenters. The molecule has 0 spiro atoms. The number of pyridine rings is 1. The van der Waals surface area contributed by atoms with E-state index in [0.29, 0.717) is 5.69 Å². The molecule has 0 saturated carbocycles. The van der Waals surface area contributed by atoms with Crippen molar-refractivity contribution >= 4 is 28.2 Å². The molecule has 0 amide bonds. The lowest BCUT2D eigenvalue weighted by molar-refractivity contribution is -0.384. The van der Waals surface area contributed by atoms with Crippen molar-refractivity contribution in [2.75, 3.05) is 5.32 Å². The summed E-state index contributed by atoms with van der Waals surface area (Å²) in [5.74, 6) is 1.20. The second kappa shape index (κ2) is 5.59. The number of benzene rings is 1. The van der Waals surface area contributed by atoms with Crippen molar-refractivity contribution in [1.29, 1.82) is 0 Å². The van der Waals surface area contributed by atoms with Crippen LogP contribution in [0.1, 0.15) is 26.6 Å². The van der Waals surface area contributed by atoms with Gasteiger partial charge in [0.15, 0.2) is 0 Å². The predicted octanol–water partition coefficient (Wildman–Crippen LogP) is 3.92. The molecule has 0 aliphatic heterocycles. The fraction of sp³-hybridized carbons (Fsp3) is 0.294. The summed E-state index contributed by atoms with van der Waals surface area (Å²) < 4.78 is 2.07. The van der Waals surface area contributed by atoms with Crippen molar-refractivity contribution in [3.8, 4) is 0 Å². The van der Waals surface area contributed by atoms with E-state index in [1.54, 1.807) is 6.07 Å². The summed E-state index contributed by atoms with van der Waals surface area (Å²) in [7, 11) is 1.99. The van der Waals surface area contributed by atoms with Crippen LogP contribution in [0.25, 0.3) is 11.0 Å². The highest BCUT2D eigenvalue weighted by Crippen LogP contribution is 2.29. The highest BCUT2D eigenvalue weighted by atomic mass is 16.6. The third kappa shape index (κ3) is 2.80. The molecule has 7 heteroatoms. The van der Waals surface area contributed by atoms with E-state index in [2.05, 4.69) is 35.6 Å². The third-order valence-corrected chi connectivity index (χ3v) is 3.80. The molecule has 2 aromatic heterocycles. The van der Waals surface area contributed by atoms with Crippen LogP contribution < -0.4 is 5.32 Å². The van der Waals surface area contributed by atoms with Gasteiger partial charge in [-0.2, -0.15) is 0 Å². The molecule has 0 saturated heterocycles. The Morgan fingerprint density at radius 1 is 1.25 bits per heavy atom. The first kappa shape index (κ1) is 15.9. The number of nitrogens with zero attached hydrogens (tertiary/aromatic N) is 4. The molecule has 1 N–H and O–H groups in total. The highest BCUT2D eigenvalue weighted by molar-refractivity contribution is 5.82. The van der Waals surface area contributed by atoms with Gasteiger partial charge in [0.05, 0.1) is 16.0 Å². The number of aromatic nitrogens is 3. The number of hydrogen-bond donors (Lipinski definition) is 1. The molecular weight excluding hydrogens is 306 g/mol. The molecule has 0 fully saturated rings. The van der Waals surface area contributed by atoms with Crippen molar-refractivity contribution in [1.82, 2.24) is 14.5 Å². The topological polar surface area (TPSA) is 85.9 Å². The standard InChI is InChI=1S/C17H19N5O2/c1-17(2,3)16-20-12-10-11(7-8-13(12)21(16)4)19-15-14(22(23)24)6-5-9-18-15/h5-10H,1-4H3,(H,18,19). The van der Waals surface area contributed by atoms with E-state index < -0.39 is 4.92 Å². The van der Waals surface area contributed by atoms with Crippen LogP contribution in [0.4, 0.5) is 17.2 Å². The molecule has 0 bridgehead atoms. The van der Waals surface area contributed by atoms with Gasteiger partial charge in [-0.15, -0.1) is 0 Å². The summed E-state index contributed by atoms with van der Waals surface area (Å²) in [4.78, 5) is 19.4. The van der Waals surface area contributed by atoms with Gasteiger partial charge in [-0.1, -0.05) is 20.8 Å². The molecule has 124 valence electrons. The molecule has 0 atom stereocenters. The highest BCUT2D eigenvalue weighted by Gasteiger charge is 2.21. The number of nitrogens with one attached hydrogen (secondary N) is 1. The molecule has 0 radical (unpaired) electrons. The zero-order valence-corrected chi connectivity index (χ0v) is 14.1. The van der Waals surface area contributed by atoms with Gasteiger partial charge in [0, 0.05) is 30.4 Å². The van der Waals surface area contributed by atoms with E-state index in [4.69, 9.17) is 4.98 Å². The Bertz CT molecular complexity index is 924. The SMILES string of the molecule is Cn1c(C(C)(C)C)nc2cc(Nc3ncccc3[N+](=O)[O-])ccc21. The Morgan fingerprint density at radius 3 is 2.67 bits per heavy atom. The van der Waals surface area contributed by atoms with Crippen molar-refractivity contribution < 1.29 is 4.92 Å². The van der Waals surface area contributed by atoms with E-state index >= 15 is 0 Å². The van der Waals surface area contributed by atoms with Crippen LogP contribution in [-0.4, -0.2) is 19.5 Å². The quantitative estimate of drug-likeness (QED) is 0.582. The van der Waals surface area contributed by atoms with E-state index in [-0.39, 0.29) is 16.9 Å². The minimum atomic E-state index is -0.452. The fourth-order valence-electron chi connectivity index (χ4n) is 2.73. The number of aryl methyl sites for hydroxylation is 1. The van der Waals surface area contributed by atoms with Crippen LogP contribution >= 0.6 is 0 Å². The summed E-state index contributed by atoms with van der Waals surface area (Å²) in [5, 5.41) is 14.1. The third-order valence-electron chi connectivity index (χ3n) is 3.80. The Hall–Kier alpha value is -2.96. The minimum absolute atomic E-state index is 0.0611. The van der Waals surface area contributed by atoms with Gasteiger partial charge in [0.2, 0.25) is 5.82 Å². The molecule has 7 nitrogen and oxygen atoms in total. The number of anilines is 2. The molecule has 1 aromatic carbocycles. The van der Waals surface area contributed by atoms with Gasteiger partial charge in [-0.25, -0.2) is 9.97 Å². The van der Waals surface area contributed by atoms with Gasteiger partial charge < -0.3 is 9.88 Å². The Balaban J connectivity index is 2.02. The van der Waals surface area contributed by atoms with Gasteiger partial charge in [0.1, 0.15) is 5.82 Å². The van der Waals surface area contributed by atoms with Gasteiger partial charge in [-0.05, 0) is 24.3 Å². The zero-order chi connectivity index (χ0) is 17.5. The first-order valence-electron chi connectivity index (χ1n) is 7.61. The lowest BCUT2D eigenvalue weighted by Gasteiger charge is -2.17. The summed E-state index contributed by atoms with van der Waals surface area (Å²) >= 11 is 0. The van der Waals surface area contributed by atoms with E-state index in [0.717, 1.165) is 16.9 Å². The van der Waals surface area contributed by atoms with Crippen LogP contribution in [0.3, 0.4) is 0 Å². The molecular formula is C17H19N5O2. The average molecular weight is 325 g/mol. The van der Waals surface area contributed by atoms with E-state index in [1.165, 1.54) is 12.3 Å².